The summed E-state index contributed by atoms with van der Waals surface area (Å²) in [7, 11) is 0. The second kappa shape index (κ2) is 8.62. The Morgan fingerprint density at radius 1 is 1.15 bits per heavy atom. The summed E-state index contributed by atoms with van der Waals surface area (Å²) in [6.07, 6.45) is 8.46. The molecule has 1 aliphatic carbocycles. The molecule has 0 radical (unpaired) electrons. The maximum absolute atomic E-state index is 13.3. The van der Waals surface area contributed by atoms with Crippen molar-refractivity contribution < 1.29 is 14.1 Å². The number of hydrogen-bond acceptors (Lipinski definition) is 8. The summed E-state index contributed by atoms with van der Waals surface area (Å²) in [4.78, 5) is 40.7. The first-order valence-electron chi connectivity index (χ1n) is 10.4. The Balaban J connectivity index is 1.58. The van der Waals surface area contributed by atoms with Gasteiger partial charge in [0.15, 0.2) is 22.8 Å². The van der Waals surface area contributed by atoms with Gasteiger partial charge < -0.3 is 9.88 Å². The topological polar surface area (TPSA) is 129 Å². The number of nitrogens with one attached hydrogen (secondary N) is 1. The molecule has 0 aliphatic heterocycles. The van der Waals surface area contributed by atoms with Crippen molar-refractivity contribution >= 4 is 39.2 Å². The van der Waals surface area contributed by atoms with Crippen LogP contribution in [0.2, 0.25) is 0 Å². The summed E-state index contributed by atoms with van der Waals surface area (Å²) in [6.45, 7) is 0. The number of carbonyl (C=O) groups is 1. The van der Waals surface area contributed by atoms with Crippen LogP contribution in [0.1, 0.15) is 47.8 Å². The van der Waals surface area contributed by atoms with Gasteiger partial charge >= 0.3 is 5.00 Å². The van der Waals surface area contributed by atoms with E-state index in [1.54, 1.807) is 6.33 Å². The average Bonchev–Trinajstić information content (AvgIpc) is 3.48. The van der Waals surface area contributed by atoms with Crippen LogP contribution >= 0.6 is 11.3 Å². The van der Waals surface area contributed by atoms with E-state index in [0.29, 0.717) is 16.7 Å². The molecule has 12 heteroatoms. The number of nitrogens with zero attached hydrogens (tertiary/aromatic N) is 6. The lowest BCUT2D eigenvalue weighted by Gasteiger charge is -2.23. The molecule has 5 rings (SSSR count). The highest BCUT2D eigenvalue weighted by molar-refractivity contribution is 7.17. The van der Waals surface area contributed by atoms with Gasteiger partial charge in [-0.25, -0.2) is 19.9 Å². The van der Waals surface area contributed by atoms with Gasteiger partial charge in [-0.15, -0.1) is 0 Å². The van der Waals surface area contributed by atoms with Crippen LogP contribution in [0.15, 0.2) is 36.8 Å². The molecule has 4 heterocycles. The van der Waals surface area contributed by atoms with E-state index in [-0.39, 0.29) is 27.6 Å². The van der Waals surface area contributed by atoms with Crippen molar-refractivity contribution in [2.75, 3.05) is 5.32 Å². The summed E-state index contributed by atoms with van der Waals surface area (Å²) < 4.78 is 15.3. The number of carbonyl (C=O) groups excluding carboxylic acids is 1. The third-order valence-electron chi connectivity index (χ3n) is 5.60. The fraction of sp³-hybridized carbons (Fsp3) is 0.286. The molecule has 1 saturated carbocycles. The third kappa shape index (κ3) is 4.16. The van der Waals surface area contributed by atoms with Gasteiger partial charge in [-0.1, -0.05) is 30.6 Å². The normalized spacial score (nSPS) is 14.5. The minimum Gasteiger partial charge on any atom is -0.312 e. The van der Waals surface area contributed by atoms with E-state index >= 15 is 0 Å². The SMILES string of the molecule is O=C(Nc1nc(-c2ccc(F)nc2)nc2c1ncn2C1CCCCC1)c1ccc([N+](=O)[O-])s1. The van der Waals surface area contributed by atoms with Gasteiger partial charge in [0.05, 0.1) is 16.1 Å². The summed E-state index contributed by atoms with van der Waals surface area (Å²) >= 11 is 0.772. The first-order chi connectivity index (χ1) is 16.0. The van der Waals surface area contributed by atoms with Gasteiger partial charge in [0, 0.05) is 23.9 Å². The summed E-state index contributed by atoms with van der Waals surface area (Å²) in [5.41, 5.74) is 1.46. The van der Waals surface area contributed by atoms with E-state index in [1.807, 2.05) is 4.57 Å². The monoisotopic (exact) mass is 467 g/mol. The van der Waals surface area contributed by atoms with Gasteiger partial charge in [-0.3, -0.25) is 14.9 Å². The third-order valence-corrected chi connectivity index (χ3v) is 6.64. The van der Waals surface area contributed by atoms with E-state index in [1.165, 1.54) is 36.9 Å². The molecular weight excluding hydrogens is 449 g/mol. The molecule has 10 nitrogen and oxygen atoms in total. The van der Waals surface area contributed by atoms with Gasteiger partial charge in [0.25, 0.3) is 5.91 Å². The van der Waals surface area contributed by atoms with Crippen LogP contribution in [-0.2, 0) is 0 Å². The molecular formula is C21H18FN7O3S. The fourth-order valence-corrected chi connectivity index (χ4v) is 4.70. The van der Waals surface area contributed by atoms with Crippen LogP contribution in [0.5, 0.6) is 0 Å². The van der Waals surface area contributed by atoms with Gasteiger partial charge in [0.2, 0.25) is 5.95 Å². The highest BCUT2D eigenvalue weighted by Crippen LogP contribution is 2.33. The van der Waals surface area contributed by atoms with Crippen LogP contribution in [-0.4, -0.2) is 35.3 Å². The molecule has 4 aromatic heterocycles. The van der Waals surface area contributed by atoms with E-state index in [9.17, 15) is 19.3 Å². The standard InChI is InChI=1S/C21H18FN7O3S/c22-15-8-6-12(10-23-15)18-25-19(27-21(30)14-7-9-16(33-14)29(31)32)17-20(26-18)28(11-24-17)13-4-2-1-3-5-13/h6-11,13H,1-5H2,(H,25,26,27,30). The zero-order chi connectivity index (χ0) is 22.9. The molecule has 33 heavy (non-hydrogen) atoms. The Kier molecular flexibility index (Phi) is 5.50. The molecule has 1 amide bonds. The molecule has 0 bridgehead atoms. The van der Waals surface area contributed by atoms with E-state index < -0.39 is 16.8 Å². The van der Waals surface area contributed by atoms with Crippen molar-refractivity contribution in [2.45, 2.75) is 38.1 Å². The van der Waals surface area contributed by atoms with E-state index in [0.717, 1.165) is 37.0 Å². The molecule has 1 aliphatic rings. The minimum atomic E-state index is -0.625. The second-order valence-corrected chi connectivity index (χ2v) is 8.79. The van der Waals surface area contributed by atoms with Gasteiger partial charge in [0.1, 0.15) is 0 Å². The number of rotatable bonds is 5. The maximum Gasteiger partial charge on any atom is 0.324 e. The van der Waals surface area contributed by atoms with E-state index in [2.05, 4.69) is 25.3 Å². The predicted molar refractivity (Wildman–Crippen MR) is 120 cm³/mol. The quantitative estimate of drug-likeness (QED) is 0.255. The summed E-state index contributed by atoms with van der Waals surface area (Å²) in [6, 6.07) is 5.63. The molecule has 0 saturated heterocycles. The van der Waals surface area contributed by atoms with Crippen LogP contribution in [0, 0.1) is 16.1 Å². The molecule has 1 fully saturated rings. The van der Waals surface area contributed by atoms with Crippen LogP contribution in [0.4, 0.5) is 15.2 Å². The minimum absolute atomic E-state index is 0.132. The first-order valence-corrected chi connectivity index (χ1v) is 11.2. The Labute approximate surface area is 190 Å². The molecule has 0 spiro atoms. The second-order valence-electron chi connectivity index (χ2n) is 7.73. The number of imidazole rings is 1. The van der Waals surface area contributed by atoms with Crippen molar-refractivity contribution in [2.24, 2.45) is 0 Å². The summed E-state index contributed by atoms with van der Waals surface area (Å²) in [5.74, 6) is -0.724. The van der Waals surface area contributed by atoms with Crippen molar-refractivity contribution in [3.63, 3.8) is 0 Å². The Hall–Kier alpha value is -3.80. The molecule has 4 aromatic rings. The average molecular weight is 467 g/mol. The number of fused-ring (bicyclic) bond motifs is 1. The Morgan fingerprint density at radius 3 is 2.67 bits per heavy atom. The van der Waals surface area contributed by atoms with Crippen LogP contribution in [0.3, 0.4) is 0 Å². The highest BCUT2D eigenvalue weighted by Gasteiger charge is 2.23. The van der Waals surface area contributed by atoms with Crippen molar-refractivity contribution in [1.29, 1.82) is 0 Å². The smallest absolute Gasteiger partial charge is 0.312 e. The number of anilines is 1. The zero-order valence-corrected chi connectivity index (χ0v) is 18.1. The molecule has 168 valence electrons. The largest absolute Gasteiger partial charge is 0.324 e. The molecule has 1 N–H and O–H groups in total. The lowest BCUT2D eigenvalue weighted by molar-refractivity contribution is -0.380. The number of aromatic nitrogens is 5. The van der Waals surface area contributed by atoms with Crippen molar-refractivity contribution in [3.05, 3.63) is 57.7 Å². The van der Waals surface area contributed by atoms with Crippen molar-refractivity contribution in [1.82, 2.24) is 24.5 Å². The van der Waals surface area contributed by atoms with E-state index in [4.69, 9.17) is 0 Å². The lowest BCUT2D eigenvalue weighted by Crippen LogP contribution is -2.14. The number of thiophene rings is 1. The number of amides is 1. The lowest BCUT2D eigenvalue weighted by atomic mass is 9.95. The first kappa shape index (κ1) is 21.1. The fourth-order valence-electron chi connectivity index (χ4n) is 3.98. The number of halogens is 1. The van der Waals surface area contributed by atoms with Crippen molar-refractivity contribution in [3.8, 4) is 11.4 Å². The van der Waals surface area contributed by atoms with Gasteiger partial charge in [-0.05, 0) is 31.0 Å². The highest BCUT2D eigenvalue weighted by atomic mass is 32.1. The van der Waals surface area contributed by atoms with Gasteiger partial charge in [-0.2, -0.15) is 4.39 Å². The van der Waals surface area contributed by atoms with Crippen LogP contribution in [0.25, 0.3) is 22.6 Å². The molecule has 0 aromatic carbocycles. The molecule has 0 unspecified atom stereocenters. The number of nitro groups is 1. The number of hydrogen-bond donors (Lipinski definition) is 1. The zero-order valence-electron chi connectivity index (χ0n) is 17.3. The predicted octanol–water partition coefficient (Wildman–Crippen LogP) is 4.75. The molecule has 0 atom stereocenters. The summed E-state index contributed by atoms with van der Waals surface area (Å²) in [5, 5.41) is 13.6. The number of pyridine rings is 1. The Morgan fingerprint density at radius 2 is 1.97 bits per heavy atom. The van der Waals surface area contributed by atoms with Crippen LogP contribution < -0.4 is 5.32 Å². The maximum atomic E-state index is 13.3. The Bertz CT molecular complexity index is 1350.